The normalized spacial score (nSPS) is 31.2. The molecule has 92 valence electrons. The van der Waals surface area contributed by atoms with Gasteiger partial charge in [-0.25, -0.2) is 0 Å². The zero-order valence-corrected chi connectivity index (χ0v) is 10.4. The molecule has 0 radical (unpaired) electrons. The molecule has 0 spiro atoms. The van der Waals surface area contributed by atoms with E-state index in [1.54, 1.807) is 0 Å². The van der Waals surface area contributed by atoms with Gasteiger partial charge in [0.25, 0.3) is 0 Å². The first-order valence-corrected chi connectivity index (χ1v) is 6.55. The van der Waals surface area contributed by atoms with Crippen LogP contribution < -0.4 is 5.32 Å². The molecule has 0 unspecified atom stereocenters. The van der Waals surface area contributed by atoms with E-state index in [9.17, 15) is 4.79 Å². The summed E-state index contributed by atoms with van der Waals surface area (Å²) < 4.78 is 5.06. The molecule has 1 heterocycles. The summed E-state index contributed by atoms with van der Waals surface area (Å²) in [5.41, 5.74) is 0. The van der Waals surface area contributed by atoms with Gasteiger partial charge in [-0.2, -0.15) is 0 Å². The summed E-state index contributed by atoms with van der Waals surface area (Å²) in [5, 5.41) is 3.07. The number of ether oxygens (including phenoxy) is 1. The largest absolute Gasteiger partial charge is 0.377 e. The molecule has 1 aliphatic heterocycles. The Morgan fingerprint density at radius 3 is 2.25 bits per heavy atom. The Hall–Kier alpha value is -0.570. The summed E-state index contributed by atoms with van der Waals surface area (Å²) in [5.74, 6) is 2.12. The average molecular weight is 225 g/mol. The van der Waals surface area contributed by atoms with Gasteiger partial charge in [0.05, 0.1) is 19.3 Å². The first-order chi connectivity index (χ1) is 7.66. The van der Waals surface area contributed by atoms with Gasteiger partial charge in [-0.1, -0.05) is 13.8 Å². The Balaban J connectivity index is 1.72. The van der Waals surface area contributed by atoms with Gasteiger partial charge < -0.3 is 10.1 Å². The monoisotopic (exact) mass is 225 g/mol. The van der Waals surface area contributed by atoms with Gasteiger partial charge in [0.15, 0.2) is 0 Å². The fraction of sp³-hybridized carbons (Fsp3) is 0.923. The summed E-state index contributed by atoms with van der Waals surface area (Å²) in [6, 6.07) is 0.287. The molecule has 1 aliphatic carbocycles. The van der Waals surface area contributed by atoms with Crippen LogP contribution in [0.5, 0.6) is 0 Å². The third-order valence-electron chi connectivity index (χ3n) is 4.07. The first kappa shape index (κ1) is 11.9. The van der Waals surface area contributed by atoms with Crippen LogP contribution in [0.2, 0.25) is 0 Å². The van der Waals surface area contributed by atoms with Crippen molar-refractivity contribution in [2.75, 3.05) is 13.2 Å². The molecule has 16 heavy (non-hydrogen) atoms. The summed E-state index contributed by atoms with van der Waals surface area (Å²) in [7, 11) is 0. The van der Waals surface area contributed by atoms with Crippen molar-refractivity contribution in [3.8, 4) is 0 Å². The Kier molecular flexibility index (Phi) is 3.85. The van der Waals surface area contributed by atoms with Crippen LogP contribution in [0.15, 0.2) is 0 Å². The number of carbonyl (C=O) groups is 1. The molecular weight excluding hydrogens is 202 g/mol. The number of hydrogen-bond acceptors (Lipinski definition) is 2. The van der Waals surface area contributed by atoms with Gasteiger partial charge in [0.1, 0.15) is 0 Å². The molecule has 2 rings (SSSR count). The van der Waals surface area contributed by atoms with Crippen LogP contribution >= 0.6 is 0 Å². The van der Waals surface area contributed by atoms with Crippen molar-refractivity contribution < 1.29 is 9.53 Å². The molecule has 1 saturated heterocycles. The van der Waals surface area contributed by atoms with Crippen LogP contribution in [0.25, 0.3) is 0 Å². The molecular formula is C13H23NO2. The lowest BCUT2D eigenvalue weighted by Gasteiger charge is -2.33. The molecule has 2 fully saturated rings. The van der Waals surface area contributed by atoms with Gasteiger partial charge in [-0.05, 0) is 37.5 Å². The van der Waals surface area contributed by atoms with Gasteiger partial charge in [0.2, 0.25) is 5.91 Å². The predicted molar refractivity (Wildman–Crippen MR) is 63.0 cm³/mol. The third kappa shape index (κ3) is 2.76. The quantitative estimate of drug-likeness (QED) is 0.797. The Labute approximate surface area is 97.9 Å². The molecule has 1 N–H and O–H groups in total. The Morgan fingerprint density at radius 2 is 1.81 bits per heavy atom. The van der Waals surface area contributed by atoms with Crippen molar-refractivity contribution in [2.45, 2.75) is 45.6 Å². The number of carbonyl (C=O) groups excluding carboxylic acids is 1. The Bertz CT molecular complexity index is 240. The maximum Gasteiger partial charge on any atom is 0.223 e. The van der Waals surface area contributed by atoms with Crippen LogP contribution in [0, 0.1) is 17.8 Å². The zero-order chi connectivity index (χ0) is 11.5. The van der Waals surface area contributed by atoms with Crippen molar-refractivity contribution in [1.82, 2.24) is 5.32 Å². The maximum absolute atomic E-state index is 11.9. The van der Waals surface area contributed by atoms with Gasteiger partial charge >= 0.3 is 0 Å². The zero-order valence-electron chi connectivity index (χ0n) is 10.4. The van der Waals surface area contributed by atoms with E-state index < -0.39 is 0 Å². The minimum atomic E-state index is 0.260. The SMILES string of the molecule is CC(C)C1CCC(C(=O)NC2COC2)CC1. The fourth-order valence-electron chi connectivity index (χ4n) is 2.69. The minimum absolute atomic E-state index is 0.260. The second-order valence-corrected chi connectivity index (χ2v) is 5.60. The van der Waals surface area contributed by atoms with E-state index in [2.05, 4.69) is 19.2 Å². The second kappa shape index (κ2) is 5.17. The molecule has 0 bridgehead atoms. The number of amides is 1. The minimum Gasteiger partial charge on any atom is -0.377 e. The first-order valence-electron chi connectivity index (χ1n) is 6.55. The van der Waals surface area contributed by atoms with Crippen molar-refractivity contribution in [2.24, 2.45) is 17.8 Å². The lowest BCUT2D eigenvalue weighted by molar-refractivity contribution is -0.130. The molecule has 3 nitrogen and oxygen atoms in total. The number of nitrogens with one attached hydrogen (secondary N) is 1. The molecule has 0 aromatic rings. The van der Waals surface area contributed by atoms with Gasteiger partial charge in [0, 0.05) is 5.92 Å². The standard InChI is InChI=1S/C13H23NO2/c1-9(2)10-3-5-11(6-4-10)13(15)14-12-7-16-8-12/h9-12H,3-8H2,1-2H3,(H,14,15). The van der Waals surface area contributed by atoms with Crippen molar-refractivity contribution in [1.29, 1.82) is 0 Å². The molecule has 1 amide bonds. The van der Waals surface area contributed by atoms with E-state index in [-0.39, 0.29) is 17.9 Å². The highest BCUT2D eigenvalue weighted by Gasteiger charge is 2.30. The summed E-state index contributed by atoms with van der Waals surface area (Å²) in [4.78, 5) is 11.9. The van der Waals surface area contributed by atoms with Gasteiger partial charge in [-0.15, -0.1) is 0 Å². The van der Waals surface area contributed by atoms with Crippen molar-refractivity contribution in [3.63, 3.8) is 0 Å². The molecule has 3 heteroatoms. The van der Waals surface area contributed by atoms with E-state index in [1.807, 2.05) is 0 Å². The van der Waals surface area contributed by atoms with Crippen LogP contribution in [0.4, 0.5) is 0 Å². The third-order valence-corrected chi connectivity index (χ3v) is 4.07. The van der Waals surface area contributed by atoms with Crippen molar-refractivity contribution in [3.05, 3.63) is 0 Å². The molecule has 0 aromatic heterocycles. The van der Waals surface area contributed by atoms with E-state index in [1.165, 1.54) is 12.8 Å². The topological polar surface area (TPSA) is 38.3 Å². The van der Waals surface area contributed by atoms with E-state index in [0.717, 1.165) is 24.7 Å². The second-order valence-electron chi connectivity index (χ2n) is 5.60. The predicted octanol–water partition coefficient (Wildman–Crippen LogP) is 1.96. The van der Waals surface area contributed by atoms with Gasteiger partial charge in [-0.3, -0.25) is 4.79 Å². The maximum atomic E-state index is 11.9. The molecule has 2 aliphatic rings. The van der Waals surface area contributed by atoms with E-state index in [4.69, 9.17) is 4.74 Å². The molecule has 1 saturated carbocycles. The summed E-state index contributed by atoms with van der Waals surface area (Å²) in [6.45, 7) is 5.98. The summed E-state index contributed by atoms with van der Waals surface area (Å²) >= 11 is 0. The highest BCUT2D eigenvalue weighted by molar-refractivity contribution is 5.79. The number of hydrogen-bond donors (Lipinski definition) is 1. The molecule has 0 aromatic carbocycles. The highest BCUT2D eigenvalue weighted by Crippen LogP contribution is 2.33. The highest BCUT2D eigenvalue weighted by atomic mass is 16.5. The van der Waals surface area contributed by atoms with Crippen molar-refractivity contribution >= 4 is 5.91 Å². The fourth-order valence-corrected chi connectivity index (χ4v) is 2.69. The lowest BCUT2D eigenvalue weighted by atomic mass is 9.76. The van der Waals surface area contributed by atoms with Crippen LogP contribution in [0.1, 0.15) is 39.5 Å². The summed E-state index contributed by atoms with van der Waals surface area (Å²) in [6.07, 6.45) is 4.58. The van der Waals surface area contributed by atoms with E-state index >= 15 is 0 Å². The van der Waals surface area contributed by atoms with Crippen LogP contribution in [-0.2, 0) is 9.53 Å². The average Bonchev–Trinajstić information content (AvgIpc) is 2.23. The van der Waals surface area contributed by atoms with Crippen LogP contribution in [-0.4, -0.2) is 25.2 Å². The van der Waals surface area contributed by atoms with Crippen LogP contribution in [0.3, 0.4) is 0 Å². The Morgan fingerprint density at radius 1 is 1.19 bits per heavy atom. The lowest BCUT2D eigenvalue weighted by Crippen LogP contribution is -2.50. The smallest absolute Gasteiger partial charge is 0.223 e. The van der Waals surface area contributed by atoms with E-state index in [0.29, 0.717) is 13.2 Å². The number of rotatable bonds is 3. The molecule has 0 atom stereocenters.